The zero-order valence-electron chi connectivity index (χ0n) is 16.9. The molecule has 7 heteroatoms. The first-order chi connectivity index (χ1) is 14.4. The van der Waals surface area contributed by atoms with Gasteiger partial charge >= 0.3 is 0 Å². The fourth-order valence-corrected chi connectivity index (χ4v) is 4.06. The molecule has 4 aromatic rings. The molecular formula is C23H20BrClN4O. The lowest BCUT2D eigenvalue weighted by molar-refractivity contribution is 0.734. The Bertz CT molecular complexity index is 1340. The molecule has 5 nitrogen and oxygen atoms in total. The molecule has 0 fully saturated rings. The lowest BCUT2D eigenvalue weighted by atomic mass is 10.2. The van der Waals surface area contributed by atoms with E-state index in [1.165, 1.54) is 4.68 Å². The van der Waals surface area contributed by atoms with E-state index in [0.717, 1.165) is 27.1 Å². The minimum absolute atomic E-state index is 0.180. The topological polar surface area (TPSA) is 52.2 Å². The highest BCUT2D eigenvalue weighted by atomic mass is 79.9. The van der Waals surface area contributed by atoms with E-state index in [1.807, 2.05) is 57.2 Å². The molecule has 0 radical (unpaired) electrons. The van der Waals surface area contributed by atoms with Gasteiger partial charge in [-0.05, 0) is 62.4 Å². The van der Waals surface area contributed by atoms with E-state index in [2.05, 4.69) is 36.6 Å². The molecule has 30 heavy (non-hydrogen) atoms. The second-order valence-corrected chi connectivity index (χ2v) is 8.39. The maximum Gasteiger partial charge on any atom is 0.282 e. The summed E-state index contributed by atoms with van der Waals surface area (Å²) < 4.78 is 4.36. The van der Waals surface area contributed by atoms with E-state index in [4.69, 9.17) is 11.6 Å². The van der Waals surface area contributed by atoms with Crippen LogP contribution in [-0.4, -0.2) is 20.4 Å². The van der Waals surface area contributed by atoms with Crippen LogP contribution in [0, 0.1) is 13.8 Å². The summed E-state index contributed by atoms with van der Waals surface area (Å²) in [6.07, 6.45) is 2.32. The van der Waals surface area contributed by atoms with E-state index in [0.29, 0.717) is 28.2 Å². The summed E-state index contributed by atoms with van der Waals surface area (Å²) in [6.45, 7) is 6.03. The van der Waals surface area contributed by atoms with Crippen LogP contribution in [0.15, 0.2) is 62.9 Å². The number of benzene rings is 2. The Morgan fingerprint density at radius 3 is 2.57 bits per heavy atom. The number of rotatable bonds is 4. The van der Waals surface area contributed by atoms with Crippen LogP contribution in [0.2, 0.25) is 5.02 Å². The molecule has 0 amide bonds. The Morgan fingerprint density at radius 1 is 1.13 bits per heavy atom. The molecule has 0 bridgehead atoms. The number of halogens is 2. The number of nitrogens with zero attached hydrogens (tertiary/aromatic N) is 4. The van der Waals surface area contributed by atoms with Crippen molar-refractivity contribution in [1.82, 2.24) is 14.2 Å². The van der Waals surface area contributed by atoms with Crippen molar-refractivity contribution in [3.05, 3.63) is 91.2 Å². The van der Waals surface area contributed by atoms with Crippen molar-refractivity contribution < 1.29 is 0 Å². The van der Waals surface area contributed by atoms with E-state index in [1.54, 1.807) is 12.3 Å². The van der Waals surface area contributed by atoms with Gasteiger partial charge in [0.1, 0.15) is 5.82 Å². The fourth-order valence-electron chi connectivity index (χ4n) is 3.57. The van der Waals surface area contributed by atoms with Crippen LogP contribution in [0.3, 0.4) is 0 Å². The predicted molar refractivity (Wildman–Crippen MR) is 126 cm³/mol. The summed E-state index contributed by atoms with van der Waals surface area (Å²) in [7, 11) is 0. The molecule has 0 unspecified atom stereocenters. The summed E-state index contributed by atoms with van der Waals surface area (Å²) in [6, 6.07) is 15.3. The van der Waals surface area contributed by atoms with Crippen LogP contribution >= 0.6 is 27.5 Å². The molecule has 0 N–H and O–H groups in total. The molecule has 0 atom stereocenters. The smallest absolute Gasteiger partial charge is 0.282 e. The van der Waals surface area contributed by atoms with Gasteiger partial charge in [-0.25, -0.2) is 4.98 Å². The Labute approximate surface area is 187 Å². The van der Waals surface area contributed by atoms with Gasteiger partial charge in [-0.15, -0.1) is 0 Å². The zero-order valence-corrected chi connectivity index (χ0v) is 19.2. The molecule has 4 rings (SSSR count). The van der Waals surface area contributed by atoms with E-state index >= 15 is 0 Å². The normalized spacial score (nSPS) is 11.6. The van der Waals surface area contributed by atoms with Crippen molar-refractivity contribution in [2.75, 3.05) is 0 Å². The number of hydrogen-bond acceptors (Lipinski definition) is 3. The van der Waals surface area contributed by atoms with Gasteiger partial charge in [-0.2, -0.15) is 9.78 Å². The lowest BCUT2D eigenvalue weighted by Crippen LogP contribution is -2.22. The van der Waals surface area contributed by atoms with Crippen molar-refractivity contribution in [2.45, 2.75) is 27.2 Å². The standard InChI is InChI=1S/C23H20BrClN4O/c1-4-22-27-21-10-5-17(24)12-20(21)23(30)29(22)26-13-16-11-14(2)28(15(16)3)19-8-6-18(25)7-9-19/h5-13H,4H2,1-3H3. The third-order valence-corrected chi connectivity index (χ3v) is 5.80. The summed E-state index contributed by atoms with van der Waals surface area (Å²) in [5.41, 5.74) is 4.55. The highest BCUT2D eigenvalue weighted by molar-refractivity contribution is 9.10. The quantitative estimate of drug-likeness (QED) is 0.351. The molecule has 2 heterocycles. The first-order valence-corrected chi connectivity index (χ1v) is 10.8. The molecule has 152 valence electrons. The first kappa shape index (κ1) is 20.6. The highest BCUT2D eigenvalue weighted by Gasteiger charge is 2.12. The SMILES string of the molecule is CCc1nc2ccc(Br)cc2c(=O)n1N=Cc1cc(C)n(-c2ccc(Cl)cc2)c1C. The van der Waals surface area contributed by atoms with Gasteiger partial charge in [0.25, 0.3) is 5.56 Å². The fraction of sp³-hybridized carbons (Fsp3) is 0.174. The third-order valence-electron chi connectivity index (χ3n) is 5.06. The molecule has 2 aromatic heterocycles. The summed E-state index contributed by atoms with van der Waals surface area (Å²) in [4.78, 5) is 17.7. The van der Waals surface area contributed by atoms with Crippen molar-refractivity contribution in [3.8, 4) is 5.69 Å². The number of fused-ring (bicyclic) bond motifs is 1. The van der Waals surface area contributed by atoms with Crippen molar-refractivity contribution in [3.63, 3.8) is 0 Å². The molecule has 0 saturated carbocycles. The average molecular weight is 484 g/mol. The molecule has 0 aliphatic heterocycles. The van der Waals surface area contributed by atoms with Crippen LogP contribution in [0.4, 0.5) is 0 Å². The maximum absolute atomic E-state index is 13.1. The number of hydrogen-bond donors (Lipinski definition) is 0. The summed E-state index contributed by atoms with van der Waals surface area (Å²) >= 11 is 9.45. The van der Waals surface area contributed by atoms with E-state index in [9.17, 15) is 4.79 Å². The van der Waals surface area contributed by atoms with Crippen LogP contribution in [0.1, 0.15) is 29.7 Å². The number of aryl methyl sites for hydroxylation is 2. The Kier molecular flexibility index (Phi) is 5.62. The average Bonchev–Trinajstić information content (AvgIpc) is 3.01. The molecule has 2 aromatic carbocycles. The molecular weight excluding hydrogens is 464 g/mol. The largest absolute Gasteiger partial charge is 0.318 e. The van der Waals surface area contributed by atoms with Gasteiger partial charge in [-0.1, -0.05) is 34.5 Å². The van der Waals surface area contributed by atoms with Crippen LogP contribution in [-0.2, 0) is 6.42 Å². The minimum atomic E-state index is -0.180. The molecule has 0 spiro atoms. The van der Waals surface area contributed by atoms with Gasteiger partial charge in [0.15, 0.2) is 0 Å². The second-order valence-electron chi connectivity index (χ2n) is 7.04. The van der Waals surface area contributed by atoms with Crippen LogP contribution < -0.4 is 5.56 Å². The van der Waals surface area contributed by atoms with Crippen molar-refractivity contribution >= 4 is 44.6 Å². The number of aromatic nitrogens is 3. The Balaban J connectivity index is 1.80. The summed E-state index contributed by atoms with van der Waals surface area (Å²) in [5.74, 6) is 0.623. The van der Waals surface area contributed by atoms with Crippen LogP contribution in [0.5, 0.6) is 0 Å². The minimum Gasteiger partial charge on any atom is -0.318 e. The van der Waals surface area contributed by atoms with Crippen molar-refractivity contribution in [2.24, 2.45) is 5.10 Å². The molecule has 0 saturated heterocycles. The summed E-state index contributed by atoms with van der Waals surface area (Å²) in [5, 5.41) is 5.75. The van der Waals surface area contributed by atoms with Gasteiger partial charge in [-0.3, -0.25) is 4.79 Å². The molecule has 0 aliphatic carbocycles. The van der Waals surface area contributed by atoms with Gasteiger partial charge in [0.2, 0.25) is 0 Å². The highest BCUT2D eigenvalue weighted by Crippen LogP contribution is 2.21. The van der Waals surface area contributed by atoms with E-state index in [-0.39, 0.29) is 5.56 Å². The van der Waals surface area contributed by atoms with Crippen molar-refractivity contribution in [1.29, 1.82) is 0 Å². The first-order valence-electron chi connectivity index (χ1n) is 9.59. The van der Waals surface area contributed by atoms with E-state index < -0.39 is 0 Å². The second kappa shape index (κ2) is 8.20. The lowest BCUT2D eigenvalue weighted by Gasteiger charge is -2.10. The van der Waals surface area contributed by atoms with Gasteiger partial charge in [0.05, 0.1) is 17.1 Å². The predicted octanol–water partition coefficient (Wildman–Crippen LogP) is 5.66. The maximum atomic E-state index is 13.1. The van der Waals surface area contributed by atoms with Gasteiger partial charge in [0, 0.05) is 38.6 Å². The monoisotopic (exact) mass is 482 g/mol. The van der Waals surface area contributed by atoms with Crippen LogP contribution in [0.25, 0.3) is 16.6 Å². The molecule has 0 aliphatic rings. The third kappa shape index (κ3) is 3.73. The van der Waals surface area contributed by atoms with Gasteiger partial charge < -0.3 is 4.57 Å². The Morgan fingerprint density at radius 2 is 1.87 bits per heavy atom. The Hall–Kier alpha value is -2.70. The zero-order chi connectivity index (χ0) is 21.4.